The number of allylic oxidation sites excluding steroid dienone is 5. The monoisotopic (exact) mass is 382 g/mol. The first-order chi connectivity index (χ1) is 13.2. The van der Waals surface area contributed by atoms with Crippen LogP contribution < -0.4 is 0 Å². The molecule has 1 saturated heterocycles. The Hall–Kier alpha value is -1.48. The van der Waals surface area contributed by atoms with Gasteiger partial charge in [0.05, 0.1) is 17.6 Å². The van der Waals surface area contributed by atoms with Crippen LogP contribution in [-0.4, -0.2) is 23.8 Å². The highest BCUT2D eigenvalue weighted by molar-refractivity contribution is 6.01. The van der Waals surface area contributed by atoms with Crippen molar-refractivity contribution in [3.05, 3.63) is 34.9 Å². The molecular formula is C25H34O3. The van der Waals surface area contributed by atoms with Crippen molar-refractivity contribution in [2.75, 3.05) is 0 Å². The standard InChI is InChI=1S/C25H34O3/c1-15(2)10-19-12-17(4)25(28-19)9-8-24(5)13-20-16(3)11-21(27)23(20)18(14-26)6-7-22(24)25/h6,10-11,14,17,19-20,22-23H,7-9,12-13H2,1-5H3/b18-6-/t17-,19-,20+,22+,23+,24+,25-/m0/s1. The minimum absolute atomic E-state index is 0.108. The summed E-state index contributed by atoms with van der Waals surface area (Å²) in [7, 11) is 0. The topological polar surface area (TPSA) is 43.4 Å². The van der Waals surface area contributed by atoms with Gasteiger partial charge in [0.2, 0.25) is 0 Å². The van der Waals surface area contributed by atoms with Crippen LogP contribution in [0.5, 0.6) is 0 Å². The molecule has 0 N–H and O–H groups in total. The average molecular weight is 383 g/mol. The Bertz CT molecular complexity index is 784. The summed E-state index contributed by atoms with van der Waals surface area (Å²) >= 11 is 0. The van der Waals surface area contributed by atoms with E-state index >= 15 is 0 Å². The van der Waals surface area contributed by atoms with E-state index in [2.05, 4.69) is 46.8 Å². The fourth-order valence-corrected chi connectivity index (χ4v) is 6.91. The van der Waals surface area contributed by atoms with Crippen LogP contribution in [-0.2, 0) is 14.3 Å². The molecule has 1 heterocycles. The number of hydrogen-bond acceptors (Lipinski definition) is 3. The third-order valence-electron chi connectivity index (χ3n) is 8.26. The van der Waals surface area contributed by atoms with E-state index in [4.69, 9.17) is 4.74 Å². The van der Waals surface area contributed by atoms with E-state index < -0.39 is 0 Å². The molecule has 0 aromatic carbocycles. The lowest BCUT2D eigenvalue weighted by Crippen LogP contribution is -2.44. The SMILES string of the molecule is CC(C)=C[C@H]1C[C@H](C)[C@]2(CC[C@]3(C)C[C@@H]4C(C)=CC(=O)[C@@H]4/C(C=O)=C\C[C@H]32)O1. The highest BCUT2D eigenvalue weighted by Crippen LogP contribution is 2.63. The van der Waals surface area contributed by atoms with Gasteiger partial charge in [-0.05, 0) is 87.7 Å². The van der Waals surface area contributed by atoms with E-state index in [0.717, 1.165) is 44.0 Å². The summed E-state index contributed by atoms with van der Waals surface area (Å²) in [5.74, 6) is 0.920. The molecule has 28 heavy (non-hydrogen) atoms. The molecule has 4 rings (SSSR count). The Morgan fingerprint density at radius 2 is 2.04 bits per heavy atom. The molecule has 3 heteroatoms. The fourth-order valence-electron chi connectivity index (χ4n) is 6.91. The van der Waals surface area contributed by atoms with Gasteiger partial charge in [0.25, 0.3) is 0 Å². The predicted molar refractivity (Wildman–Crippen MR) is 111 cm³/mol. The third-order valence-corrected chi connectivity index (χ3v) is 8.26. The molecule has 1 saturated carbocycles. The lowest BCUT2D eigenvalue weighted by molar-refractivity contribution is -0.119. The third kappa shape index (κ3) is 2.89. The van der Waals surface area contributed by atoms with E-state index in [1.165, 1.54) is 5.57 Å². The summed E-state index contributed by atoms with van der Waals surface area (Å²) in [6, 6.07) is 0. The quantitative estimate of drug-likeness (QED) is 0.486. The van der Waals surface area contributed by atoms with Crippen LogP contribution in [0.25, 0.3) is 0 Å². The van der Waals surface area contributed by atoms with Crippen molar-refractivity contribution in [1.82, 2.24) is 0 Å². The molecule has 0 aromatic heterocycles. The average Bonchev–Trinajstić information content (AvgIpc) is 3.14. The second kappa shape index (κ2) is 6.79. The fraction of sp³-hybridized carbons (Fsp3) is 0.680. The van der Waals surface area contributed by atoms with Gasteiger partial charge in [-0.3, -0.25) is 9.59 Å². The number of hydrogen-bond donors (Lipinski definition) is 0. The smallest absolute Gasteiger partial charge is 0.163 e. The molecule has 4 aliphatic rings. The second-order valence-corrected chi connectivity index (χ2v) is 10.3. The first kappa shape index (κ1) is 19.8. The Labute approximate surface area is 169 Å². The summed E-state index contributed by atoms with van der Waals surface area (Å²) in [5, 5.41) is 0. The van der Waals surface area contributed by atoms with Gasteiger partial charge in [0, 0.05) is 0 Å². The Kier molecular flexibility index (Phi) is 4.81. The van der Waals surface area contributed by atoms with E-state index in [-0.39, 0.29) is 34.7 Å². The molecule has 7 atom stereocenters. The normalized spacial score (nSPS) is 46.9. The lowest BCUT2D eigenvalue weighted by Gasteiger charge is -2.44. The molecule has 1 spiro atoms. The van der Waals surface area contributed by atoms with Gasteiger partial charge in [-0.15, -0.1) is 0 Å². The van der Waals surface area contributed by atoms with E-state index in [9.17, 15) is 9.59 Å². The molecular weight excluding hydrogens is 348 g/mol. The van der Waals surface area contributed by atoms with Gasteiger partial charge in [-0.25, -0.2) is 0 Å². The van der Waals surface area contributed by atoms with Gasteiger partial charge in [-0.1, -0.05) is 37.1 Å². The summed E-state index contributed by atoms with van der Waals surface area (Å²) in [4.78, 5) is 24.4. The van der Waals surface area contributed by atoms with Crippen molar-refractivity contribution in [3.63, 3.8) is 0 Å². The molecule has 0 amide bonds. The summed E-state index contributed by atoms with van der Waals surface area (Å²) < 4.78 is 6.82. The minimum Gasteiger partial charge on any atom is -0.367 e. The van der Waals surface area contributed by atoms with Crippen LogP contribution in [0.15, 0.2) is 34.9 Å². The highest BCUT2D eigenvalue weighted by atomic mass is 16.5. The molecule has 0 unspecified atom stereocenters. The number of ether oxygens (including phenoxy) is 1. The van der Waals surface area contributed by atoms with Crippen LogP contribution in [0, 0.1) is 29.1 Å². The second-order valence-electron chi connectivity index (χ2n) is 10.3. The van der Waals surface area contributed by atoms with Crippen LogP contribution >= 0.6 is 0 Å². The van der Waals surface area contributed by atoms with Crippen molar-refractivity contribution in [2.24, 2.45) is 29.1 Å². The highest BCUT2D eigenvalue weighted by Gasteiger charge is 2.61. The molecule has 152 valence electrons. The molecule has 0 radical (unpaired) electrons. The molecule has 2 fully saturated rings. The van der Waals surface area contributed by atoms with Gasteiger partial charge in [0.15, 0.2) is 5.78 Å². The summed E-state index contributed by atoms with van der Waals surface area (Å²) in [6.07, 6.45) is 12.4. The van der Waals surface area contributed by atoms with E-state index in [1.54, 1.807) is 6.08 Å². The molecule has 0 bridgehead atoms. The Morgan fingerprint density at radius 1 is 1.29 bits per heavy atom. The summed E-state index contributed by atoms with van der Waals surface area (Å²) in [6.45, 7) is 11.1. The molecule has 3 aliphatic carbocycles. The number of fused-ring (bicyclic) bond motifs is 3. The van der Waals surface area contributed by atoms with Gasteiger partial charge in [0.1, 0.15) is 6.29 Å². The molecule has 1 aliphatic heterocycles. The zero-order valence-electron chi connectivity index (χ0n) is 18.0. The van der Waals surface area contributed by atoms with Crippen molar-refractivity contribution >= 4 is 12.1 Å². The van der Waals surface area contributed by atoms with Crippen molar-refractivity contribution in [1.29, 1.82) is 0 Å². The Morgan fingerprint density at radius 3 is 2.71 bits per heavy atom. The van der Waals surface area contributed by atoms with Crippen molar-refractivity contribution < 1.29 is 14.3 Å². The Balaban J connectivity index is 1.73. The first-order valence-corrected chi connectivity index (χ1v) is 10.9. The maximum Gasteiger partial charge on any atom is 0.163 e. The summed E-state index contributed by atoms with van der Waals surface area (Å²) in [5.41, 5.74) is 3.18. The van der Waals surface area contributed by atoms with Gasteiger partial charge >= 0.3 is 0 Å². The van der Waals surface area contributed by atoms with Crippen LogP contribution in [0.3, 0.4) is 0 Å². The van der Waals surface area contributed by atoms with Gasteiger partial charge < -0.3 is 4.74 Å². The lowest BCUT2D eigenvalue weighted by atomic mass is 9.62. The van der Waals surface area contributed by atoms with E-state index in [1.807, 2.05) is 0 Å². The maximum atomic E-state index is 12.6. The number of aldehydes is 1. The zero-order valence-corrected chi connectivity index (χ0v) is 18.0. The first-order valence-electron chi connectivity index (χ1n) is 10.9. The largest absolute Gasteiger partial charge is 0.367 e. The minimum atomic E-state index is -0.257. The predicted octanol–water partition coefficient (Wildman–Crippen LogP) is 5.21. The van der Waals surface area contributed by atoms with Gasteiger partial charge in [-0.2, -0.15) is 0 Å². The van der Waals surface area contributed by atoms with Crippen molar-refractivity contribution in [3.8, 4) is 0 Å². The number of ketones is 1. The van der Waals surface area contributed by atoms with Crippen LogP contribution in [0.1, 0.15) is 66.7 Å². The van der Waals surface area contributed by atoms with Crippen LogP contribution in [0.4, 0.5) is 0 Å². The molecule has 0 aromatic rings. The van der Waals surface area contributed by atoms with Crippen molar-refractivity contribution in [2.45, 2.75) is 78.4 Å². The number of rotatable bonds is 2. The maximum absolute atomic E-state index is 12.6. The van der Waals surface area contributed by atoms with E-state index in [0.29, 0.717) is 17.4 Å². The molecule has 3 nitrogen and oxygen atoms in total. The number of carbonyl (C=O) groups excluding carboxylic acids is 2. The zero-order chi connectivity index (χ0) is 20.3. The van der Waals surface area contributed by atoms with Crippen LogP contribution in [0.2, 0.25) is 0 Å². The number of carbonyl (C=O) groups is 2.